The highest BCUT2D eigenvalue weighted by Crippen LogP contribution is 2.45. The molecule has 322 valence electrons. The van der Waals surface area contributed by atoms with E-state index in [2.05, 4.69) is 10.6 Å². The van der Waals surface area contributed by atoms with Crippen molar-refractivity contribution in [2.75, 3.05) is 5.32 Å². The lowest BCUT2D eigenvalue weighted by Crippen LogP contribution is -2.50. The average Bonchev–Trinajstić information content (AvgIpc) is 3.19. The molecule has 1 saturated heterocycles. The van der Waals surface area contributed by atoms with Crippen molar-refractivity contribution in [3.05, 3.63) is 69.3 Å². The molecule has 17 nitrogen and oxygen atoms in total. The number of cyclic esters (lactones) is 2. The molecule has 0 saturated carbocycles. The number of esters is 3. The number of anilines is 1. The number of fused-ring (bicyclic) bond motifs is 2. The number of carbonyl (C=O) groups is 7. The van der Waals surface area contributed by atoms with Crippen LogP contribution in [-0.2, 0) is 33.4 Å². The number of nitrogens with one attached hydrogen (secondary N) is 2. The minimum absolute atomic E-state index is 0.00114. The second-order valence-corrected chi connectivity index (χ2v) is 15.1. The van der Waals surface area contributed by atoms with E-state index < -0.39 is 94.4 Å². The molecule has 2 amide bonds. The van der Waals surface area contributed by atoms with Gasteiger partial charge in [0.15, 0.2) is 17.9 Å². The SMILES string of the molecule is CCCCCC1C(=O)OC(C)C(NC(=O)c2cccc(NC=O)c2O)C(=O)OC(C)C1OC(=O)CC(C)C.Cc1cc(O)c2c(c1O)C(=O)c1c(O)cc(C)c(O)c1C2=O. The Morgan fingerprint density at radius 1 is 0.800 bits per heavy atom. The fourth-order valence-corrected chi connectivity index (χ4v) is 6.95. The summed E-state index contributed by atoms with van der Waals surface area (Å²) in [5.74, 6) is -7.72. The van der Waals surface area contributed by atoms with Crippen LogP contribution in [0, 0.1) is 25.7 Å². The zero-order valence-corrected chi connectivity index (χ0v) is 34.3. The normalized spacial score (nSPS) is 19.8. The predicted molar refractivity (Wildman–Crippen MR) is 213 cm³/mol. The number of phenolic OH excluding ortho intramolecular Hbond substituents is 5. The number of phenols is 5. The largest absolute Gasteiger partial charge is 0.507 e. The van der Waals surface area contributed by atoms with Crippen LogP contribution in [0.2, 0.25) is 0 Å². The van der Waals surface area contributed by atoms with Gasteiger partial charge in [-0.1, -0.05) is 46.1 Å². The second kappa shape index (κ2) is 19.4. The van der Waals surface area contributed by atoms with Gasteiger partial charge in [0, 0.05) is 6.42 Å². The van der Waals surface area contributed by atoms with Crippen LogP contribution in [0.1, 0.15) is 120 Å². The number of carbonyl (C=O) groups excluding carboxylic acids is 7. The molecule has 5 rings (SSSR count). The van der Waals surface area contributed by atoms with E-state index in [1.54, 1.807) is 0 Å². The molecular formula is C43H50N2O15. The van der Waals surface area contributed by atoms with Gasteiger partial charge in [0.2, 0.25) is 18.0 Å². The van der Waals surface area contributed by atoms with E-state index in [0.717, 1.165) is 25.0 Å². The maximum absolute atomic E-state index is 13.3. The topological polar surface area (TPSA) is 272 Å². The Kier molecular flexibility index (Phi) is 14.9. The third-order valence-corrected chi connectivity index (χ3v) is 10.1. The summed E-state index contributed by atoms with van der Waals surface area (Å²) in [5, 5.41) is 55.2. The van der Waals surface area contributed by atoms with Crippen LogP contribution in [0.4, 0.5) is 5.69 Å². The first kappa shape index (κ1) is 46.0. The van der Waals surface area contributed by atoms with Gasteiger partial charge < -0.3 is 50.4 Å². The number of rotatable bonds is 11. The van der Waals surface area contributed by atoms with E-state index in [4.69, 9.17) is 14.2 Å². The standard InChI is InChI=1S/C27H38N2O9.C16H12O6/c1-6-7-8-10-19-24(38-21(31)13-15(2)3)17(5)37-27(35)22(16(4)36-26(19)34)29-25(33)18-11-9-12-20(23(18)32)28-14-30;1-5-3-7(17)9-11(13(5)19)15(21)10-8(18)4-6(2)14(20)12(10)16(9)22/h9,11-12,14-17,19,22,24,32H,6-8,10,13H2,1-5H3,(H,28,30)(H,29,33);3-4,17-20H,1-2H3. The molecule has 0 radical (unpaired) electrons. The molecular weight excluding hydrogens is 784 g/mol. The van der Waals surface area contributed by atoms with E-state index in [1.807, 2.05) is 20.8 Å². The third-order valence-electron chi connectivity index (χ3n) is 10.1. The van der Waals surface area contributed by atoms with Crippen molar-refractivity contribution >= 4 is 47.5 Å². The molecule has 5 atom stereocenters. The van der Waals surface area contributed by atoms with Crippen LogP contribution < -0.4 is 10.6 Å². The third kappa shape index (κ3) is 9.78. The van der Waals surface area contributed by atoms with Gasteiger partial charge in [-0.3, -0.25) is 28.8 Å². The molecule has 2 aliphatic rings. The number of amides is 2. The van der Waals surface area contributed by atoms with Crippen molar-refractivity contribution in [2.24, 2.45) is 11.8 Å². The number of benzene rings is 3. The lowest BCUT2D eigenvalue weighted by Gasteiger charge is -2.29. The summed E-state index contributed by atoms with van der Waals surface area (Å²) < 4.78 is 16.9. The minimum Gasteiger partial charge on any atom is -0.507 e. The fourth-order valence-electron chi connectivity index (χ4n) is 6.95. The zero-order valence-electron chi connectivity index (χ0n) is 34.3. The van der Waals surface area contributed by atoms with Crippen LogP contribution >= 0.6 is 0 Å². The van der Waals surface area contributed by atoms with Gasteiger partial charge in [-0.2, -0.15) is 0 Å². The van der Waals surface area contributed by atoms with E-state index in [9.17, 15) is 59.1 Å². The molecule has 3 aromatic carbocycles. The Labute approximate surface area is 345 Å². The van der Waals surface area contributed by atoms with Gasteiger partial charge in [0.25, 0.3) is 5.91 Å². The highest BCUT2D eigenvalue weighted by molar-refractivity contribution is 6.32. The van der Waals surface area contributed by atoms with Gasteiger partial charge in [0.1, 0.15) is 35.2 Å². The Bertz CT molecular complexity index is 2120. The monoisotopic (exact) mass is 834 g/mol. The first-order valence-electron chi connectivity index (χ1n) is 19.4. The molecule has 0 aromatic heterocycles. The maximum atomic E-state index is 13.3. The van der Waals surface area contributed by atoms with E-state index in [0.29, 0.717) is 19.3 Å². The molecule has 0 spiro atoms. The van der Waals surface area contributed by atoms with Crippen molar-refractivity contribution in [1.82, 2.24) is 5.32 Å². The van der Waals surface area contributed by atoms with E-state index in [-0.39, 0.29) is 57.0 Å². The number of para-hydroxylation sites is 1. The van der Waals surface area contributed by atoms with Gasteiger partial charge in [-0.15, -0.1) is 0 Å². The quantitative estimate of drug-likeness (QED) is 0.0262. The van der Waals surface area contributed by atoms with Crippen LogP contribution in [0.5, 0.6) is 28.7 Å². The van der Waals surface area contributed by atoms with Crippen molar-refractivity contribution in [2.45, 2.75) is 105 Å². The van der Waals surface area contributed by atoms with E-state index >= 15 is 0 Å². The Hall–Kier alpha value is -6.65. The summed E-state index contributed by atoms with van der Waals surface area (Å²) in [5.41, 5.74) is -1.26. The van der Waals surface area contributed by atoms with Gasteiger partial charge in [-0.25, -0.2) is 4.79 Å². The summed E-state index contributed by atoms with van der Waals surface area (Å²) in [6.07, 6.45) is 0.0639. The molecule has 1 aliphatic heterocycles. The van der Waals surface area contributed by atoms with Crippen molar-refractivity contribution < 1.29 is 73.3 Å². The average molecular weight is 835 g/mol. The summed E-state index contributed by atoms with van der Waals surface area (Å²) in [6.45, 7) is 11.6. The van der Waals surface area contributed by atoms with Crippen LogP contribution in [-0.4, -0.2) is 91.7 Å². The van der Waals surface area contributed by atoms with Gasteiger partial charge >= 0.3 is 17.9 Å². The van der Waals surface area contributed by atoms with E-state index in [1.165, 1.54) is 45.9 Å². The molecule has 1 fully saturated rings. The Morgan fingerprint density at radius 3 is 1.87 bits per heavy atom. The molecule has 3 aromatic rings. The second-order valence-electron chi connectivity index (χ2n) is 15.1. The fraction of sp³-hybridized carbons (Fsp3) is 0.419. The molecule has 0 bridgehead atoms. The van der Waals surface area contributed by atoms with Crippen LogP contribution in [0.3, 0.4) is 0 Å². The molecule has 17 heteroatoms. The summed E-state index contributed by atoms with van der Waals surface area (Å²) >= 11 is 0. The highest BCUT2D eigenvalue weighted by Gasteiger charge is 2.44. The van der Waals surface area contributed by atoms with Crippen LogP contribution in [0.25, 0.3) is 0 Å². The minimum atomic E-state index is -1.42. The Morgan fingerprint density at radius 2 is 1.35 bits per heavy atom. The number of hydrogen-bond acceptors (Lipinski definition) is 15. The number of aromatic hydroxyl groups is 5. The molecule has 60 heavy (non-hydrogen) atoms. The lowest BCUT2D eigenvalue weighted by molar-refractivity contribution is -0.175. The van der Waals surface area contributed by atoms with Crippen LogP contribution in [0.15, 0.2) is 30.3 Å². The van der Waals surface area contributed by atoms with Gasteiger partial charge in [0.05, 0.1) is 39.4 Å². The number of unbranched alkanes of at least 4 members (excludes halogenated alkanes) is 2. The number of aryl methyl sites for hydroxylation is 2. The first-order chi connectivity index (χ1) is 28.2. The maximum Gasteiger partial charge on any atom is 0.332 e. The number of hydrogen-bond donors (Lipinski definition) is 7. The van der Waals surface area contributed by atoms with Crippen molar-refractivity contribution in [1.29, 1.82) is 0 Å². The molecule has 1 aliphatic carbocycles. The smallest absolute Gasteiger partial charge is 0.332 e. The summed E-state index contributed by atoms with van der Waals surface area (Å²) in [6, 6.07) is 5.03. The van der Waals surface area contributed by atoms with Crippen molar-refractivity contribution in [3.8, 4) is 28.7 Å². The van der Waals surface area contributed by atoms with Gasteiger partial charge in [-0.05, 0) is 75.4 Å². The predicted octanol–water partition coefficient (Wildman–Crippen LogP) is 4.99. The number of ketones is 2. The summed E-state index contributed by atoms with van der Waals surface area (Å²) in [4.78, 5) is 87.9. The molecule has 7 N–H and O–H groups in total. The highest BCUT2D eigenvalue weighted by atomic mass is 16.6. The Balaban J connectivity index is 0.000000303. The number of ether oxygens (including phenoxy) is 3. The lowest BCUT2D eigenvalue weighted by atomic mass is 9.80. The first-order valence-corrected chi connectivity index (χ1v) is 19.4. The van der Waals surface area contributed by atoms with Crippen molar-refractivity contribution in [3.63, 3.8) is 0 Å². The summed E-state index contributed by atoms with van der Waals surface area (Å²) in [7, 11) is 0. The molecule has 1 heterocycles. The molecule has 5 unspecified atom stereocenters. The zero-order chi connectivity index (χ0) is 44.7.